The monoisotopic (exact) mass is 486 g/mol. The van der Waals surface area contributed by atoms with Gasteiger partial charge < -0.3 is 19.0 Å². The van der Waals surface area contributed by atoms with Crippen molar-refractivity contribution in [2.45, 2.75) is 58.6 Å². The Balaban J connectivity index is 2.07. The Morgan fingerprint density at radius 1 is 1.29 bits per heavy atom. The number of ether oxygens (including phenoxy) is 3. The number of carbonyl (C=O) groups excluding carboxylic acids is 2. The molecular formula is C27H35FN2O5. The van der Waals surface area contributed by atoms with Crippen LogP contribution in [0.4, 0.5) is 9.18 Å². The lowest BCUT2D eigenvalue weighted by Crippen LogP contribution is -2.69. The molecule has 1 saturated heterocycles. The zero-order valence-electron chi connectivity index (χ0n) is 21.1. The molecule has 2 aromatic carbocycles. The molecule has 8 heteroatoms. The van der Waals surface area contributed by atoms with Crippen molar-refractivity contribution in [2.75, 3.05) is 26.3 Å². The first-order valence-electron chi connectivity index (χ1n) is 11.9. The summed E-state index contributed by atoms with van der Waals surface area (Å²) in [6.07, 6.45) is -0.745. The second-order valence-corrected chi connectivity index (χ2v) is 9.61. The van der Waals surface area contributed by atoms with Crippen molar-refractivity contribution < 1.29 is 28.2 Å². The standard InChI is InChI=1S/C27H35FN2O5/c1-6-29-27(18-21-11-8-12-22(28)23(21)20-10-7-9-19(2)17-20)24(33-16-14-31)30(13-15-34-27)25(32)35-26(3,4)5/h7-12,14,17,24,29H,6,13,15-16,18H2,1-5H3. The number of likely N-dealkylation sites (N-methyl/N-ethyl adjacent to an activating group) is 1. The Kier molecular flexibility index (Phi) is 8.64. The van der Waals surface area contributed by atoms with E-state index in [0.717, 1.165) is 11.1 Å². The normalized spacial score (nSPS) is 20.5. The van der Waals surface area contributed by atoms with Crippen LogP contribution >= 0.6 is 0 Å². The number of amides is 1. The van der Waals surface area contributed by atoms with E-state index >= 15 is 4.39 Å². The number of rotatable bonds is 8. The van der Waals surface area contributed by atoms with Crippen LogP contribution in [0.25, 0.3) is 11.1 Å². The van der Waals surface area contributed by atoms with Crippen LogP contribution in [-0.4, -0.2) is 61.1 Å². The molecule has 7 nitrogen and oxygen atoms in total. The number of carbonyl (C=O) groups is 2. The Hall–Kier alpha value is -2.81. The molecular weight excluding hydrogens is 451 g/mol. The molecule has 0 aliphatic carbocycles. The van der Waals surface area contributed by atoms with Gasteiger partial charge in [0.25, 0.3) is 0 Å². The number of halogens is 1. The maximum Gasteiger partial charge on any atom is 0.412 e. The fourth-order valence-corrected chi connectivity index (χ4v) is 4.39. The van der Waals surface area contributed by atoms with Gasteiger partial charge in [-0.2, -0.15) is 0 Å². The molecule has 2 unspecified atom stereocenters. The summed E-state index contributed by atoms with van der Waals surface area (Å²) in [6, 6.07) is 12.6. The first-order chi connectivity index (χ1) is 16.6. The minimum atomic E-state index is -1.24. The Labute approximate surface area is 206 Å². The lowest BCUT2D eigenvalue weighted by molar-refractivity contribution is -0.240. The lowest BCUT2D eigenvalue weighted by atomic mass is 9.90. The van der Waals surface area contributed by atoms with E-state index in [1.807, 2.05) is 44.2 Å². The zero-order valence-corrected chi connectivity index (χ0v) is 21.1. The number of benzene rings is 2. The van der Waals surface area contributed by atoms with Crippen molar-refractivity contribution in [2.24, 2.45) is 0 Å². The molecule has 0 saturated carbocycles. The molecule has 0 spiro atoms. The van der Waals surface area contributed by atoms with E-state index in [9.17, 15) is 9.59 Å². The average molecular weight is 487 g/mol. The fourth-order valence-electron chi connectivity index (χ4n) is 4.39. The topological polar surface area (TPSA) is 77.1 Å². The summed E-state index contributed by atoms with van der Waals surface area (Å²) in [4.78, 5) is 25.8. The molecule has 1 N–H and O–H groups in total. The van der Waals surface area contributed by atoms with Crippen molar-refractivity contribution in [3.05, 3.63) is 59.4 Å². The van der Waals surface area contributed by atoms with Crippen LogP contribution in [0, 0.1) is 12.7 Å². The van der Waals surface area contributed by atoms with Gasteiger partial charge >= 0.3 is 6.09 Å². The van der Waals surface area contributed by atoms with E-state index < -0.39 is 23.6 Å². The molecule has 0 radical (unpaired) electrons. The maximum absolute atomic E-state index is 15.2. The van der Waals surface area contributed by atoms with Gasteiger partial charge in [-0.1, -0.05) is 48.9 Å². The third-order valence-electron chi connectivity index (χ3n) is 5.66. The number of aldehydes is 1. The van der Waals surface area contributed by atoms with Crippen LogP contribution in [0.1, 0.15) is 38.8 Å². The quantitative estimate of drug-likeness (QED) is 0.556. The smallest absolute Gasteiger partial charge is 0.412 e. The van der Waals surface area contributed by atoms with Gasteiger partial charge in [-0.25, -0.2) is 9.18 Å². The highest BCUT2D eigenvalue weighted by Gasteiger charge is 2.50. The zero-order chi connectivity index (χ0) is 25.6. The number of hydrogen-bond acceptors (Lipinski definition) is 6. The van der Waals surface area contributed by atoms with Gasteiger partial charge in [-0.15, -0.1) is 0 Å². The van der Waals surface area contributed by atoms with Gasteiger partial charge in [-0.3, -0.25) is 10.2 Å². The Morgan fingerprint density at radius 3 is 2.69 bits per heavy atom. The van der Waals surface area contributed by atoms with E-state index in [-0.39, 0.29) is 32.0 Å². The summed E-state index contributed by atoms with van der Waals surface area (Å²) in [6.45, 7) is 9.88. The number of morpholine rings is 1. The van der Waals surface area contributed by atoms with Gasteiger partial charge in [0.1, 0.15) is 24.3 Å². The van der Waals surface area contributed by atoms with E-state index in [1.165, 1.54) is 11.0 Å². The summed E-state index contributed by atoms with van der Waals surface area (Å²) in [5, 5.41) is 3.33. The molecule has 3 rings (SSSR count). The van der Waals surface area contributed by atoms with Crippen LogP contribution < -0.4 is 5.32 Å². The minimum Gasteiger partial charge on any atom is -0.444 e. The molecule has 1 heterocycles. The molecule has 2 atom stereocenters. The van der Waals surface area contributed by atoms with E-state index in [0.29, 0.717) is 24.0 Å². The number of aryl methyl sites for hydroxylation is 1. The SMILES string of the molecule is CCNC1(Cc2cccc(F)c2-c2cccc(C)c2)OCCN(C(=O)OC(C)(C)C)C1OCC=O. The summed E-state index contributed by atoms with van der Waals surface area (Å²) in [5.41, 5.74) is 0.944. The predicted molar refractivity (Wildman–Crippen MR) is 131 cm³/mol. The van der Waals surface area contributed by atoms with Crippen molar-refractivity contribution in [3.8, 4) is 11.1 Å². The van der Waals surface area contributed by atoms with Gasteiger partial charge in [0.05, 0.1) is 13.2 Å². The van der Waals surface area contributed by atoms with Crippen LogP contribution in [-0.2, 0) is 25.4 Å². The third-order valence-corrected chi connectivity index (χ3v) is 5.66. The lowest BCUT2D eigenvalue weighted by Gasteiger charge is -2.49. The highest BCUT2D eigenvalue weighted by Crippen LogP contribution is 2.35. The molecule has 1 amide bonds. The van der Waals surface area contributed by atoms with Crippen molar-refractivity contribution in [1.82, 2.24) is 10.2 Å². The predicted octanol–water partition coefficient (Wildman–Crippen LogP) is 4.46. The first kappa shape index (κ1) is 26.8. The second kappa shape index (κ2) is 11.3. The van der Waals surface area contributed by atoms with Crippen LogP contribution in [0.2, 0.25) is 0 Å². The van der Waals surface area contributed by atoms with Crippen LogP contribution in [0.3, 0.4) is 0 Å². The summed E-state index contributed by atoms with van der Waals surface area (Å²) >= 11 is 0. The minimum absolute atomic E-state index is 0.185. The average Bonchev–Trinajstić information content (AvgIpc) is 2.77. The van der Waals surface area contributed by atoms with Gasteiger partial charge in [0.15, 0.2) is 12.0 Å². The van der Waals surface area contributed by atoms with Crippen LogP contribution in [0.5, 0.6) is 0 Å². The molecule has 35 heavy (non-hydrogen) atoms. The van der Waals surface area contributed by atoms with E-state index in [2.05, 4.69) is 5.32 Å². The van der Waals surface area contributed by atoms with E-state index in [1.54, 1.807) is 26.8 Å². The van der Waals surface area contributed by atoms with E-state index in [4.69, 9.17) is 14.2 Å². The molecule has 0 bridgehead atoms. The molecule has 1 fully saturated rings. The second-order valence-electron chi connectivity index (χ2n) is 9.61. The number of nitrogens with one attached hydrogen (secondary N) is 1. The fraction of sp³-hybridized carbons (Fsp3) is 0.481. The van der Waals surface area contributed by atoms with Crippen molar-refractivity contribution in [1.29, 1.82) is 0 Å². The summed E-state index contributed by atoms with van der Waals surface area (Å²) in [7, 11) is 0. The van der Waals surface area contributed by atoms with Crippen LogP contribution in [0.15, 0.2) is 42.5 Å². The molecule has 1 aliphatic heterocycles. The van der Waals surface area contributed by atoms with Gasteiger partial charge in [0.2, 0.25) is 0 Å². The van der Waals surface area contributed by atoms with Crippen molar-refractivity contribution in [3.63, 3.8) is 0 Å². The maximum atomic E-state index is 15.2. The van der Waals surface area contributed by atoms with Crippen molar-refractivity contribution >= 4 is 12.4 Å². The highest BCUT2D eigenvalue weighted by atomic mass is 19.1. The summed E-state index contributed by atoms with van der Waals surface area (Å²) < 4.78 is 33.0. The highest BCUT2D eigenvalue weighted by molar-refractivity contribution is 5.70. The third kappa shape index (κ3) is 6.45. The molecule has 1 aliphatic rings. The Morgan fingerprint density at radius 2 is 2.03 bits per heavy atom. The molecule has 0 aromatic heterocycles. The Bertz CT molecular complexity index is 1030. The molecule has 2 aromatic rings. The number of nitrogens with zero attached hydrogens (tertiary/aromatic N) is 1. The van der Waals surface area contributed by atoms with Gasteiger partial charge in [-0.05, 0) is 51.4 Å². The summed E-state index contributed by atoms with van der Waals surface area (Å²) in [5.74, 6) is -0.357. The number of hydrogen-bond donors (Lipinski definition) is 1. The molecule has 190 valence electrons. The van der Waals surface area contributed by atoms with Gasteiger partial charge in [0, 0.05) is 12.0 Å². The largest absolute Gasteiger partial charge is 0.444 e. The first-order valence-corrected chi connectivity index (χ1v) is 11.9.